The van der Waals surface area contributed by atoms with Crippen molar-refractivity contribution in [2.75, 3.05) is 37.4 Å². The van der Waals surface area contributed by atoms with Crippen LogP contribution in [0, 0.1) is 0 Å². The van der Waals surface area contributed by atoms with E-state index in [0.29, 0.717) is 36.0 Å². The maximum atomic E-state index is 9.59. The van der Waals surface area contributed by atoms with Gasteiger partial charge in [-0.3, -0.25) is 4.68 Å². The molecule has 3 heterocycles. The third-order valence-electron chi connectivity index (χ3n) is 6.84. The van der Waals surface area contributed by atoms with Gasteiger partial charge < -0.3 is 30.5 Å². The van der Waals surface area contributed by atoms with E-state index < -0.39 is 0 Å². The Bertz CT molecular complexity index is 1160. The maximum Gasteiger partial charge on any atom is 0.222 e. The zero-order chi connectivity index (χ0) is 26.4. The van der Waals surface area contributed by atoms with Crippen molar-refractivity contribution < 1.29 is 14.6 Å². The summed E-state index contributed by atoms with van der Waals surface area (Å²) < 4.78 is 13.4. The first-order valence-electron chi connectivity index (χ1n) is 13.3. The normalized spacial score (nSPS) is 19.9. The number of fused-ring (bicyclic) bond motifs is 1. The van der Waals surface area contributed by atoms with Crippen LogP contribution in [-0.2, 0) is 17.8 Å². The number of aliphatic hydroxyl groups excluding tert-OH is 1. The molecule has 202 valence electrons. The van der Waals surface area contributed by atoms with Crippen LogP contribution in [0.4, 0.5) is 11.8 Å². The van der Waals surface area contributed by atoms with Gasteiger partial charge in [-0.1, -0.05) is 25.5 Å². The number of benzene rings is 1. The molecule has 0 bridgehead atoms. The molecule has 0 aliphatic carbocycles. The fourth-order valence-corrected chi connectivity index (χ4v) is 5.09. The number of nitrogens with two attached hydrogens (primary N) is 1. The second-order valence-electron chi connectivity index (χ2n) is 9.98. The minimum Gasteiger partial charge on any atom is -0.496 e. The van der Waals surface area contributed by atoms with Crippen molar-refractivity contribution >= 4 is 22.8 Å². The van der Waals surface area contributed by atoms with Crippen LogP contribution in [0.3, 0.4) is 0 Å². The van der Waals surface area contributed by atoms with Crippen LogP contribution >= 0.6 is 0 Å². The van der Waals surface area contributed by atoms with E-state index in [1.54, 1.807) is 7.11 Å². The summed E-state index contributed by atoms with van der Waals surface area (Å²) >= 11 is 0. The van der Waals surface area contributed by atoms with Gasteiger partial charge in [0.2, 0.25) is 5.95 Å². The molecule has 4 N–H and O–H groups in total. The Hall–Kier alpha value is -2.95. The average Bonchev–Trinajstić information content (AvgIpc) is 3.27. The summed E-state index contributed by atoms with van der Waals surface area (Å²) in [6.45, 7) is 8.98. The number of ether oxygens (including phenoxy) is 2. The lowest BCUT2D eigenvalue weighted by molar-refractivity contribution is -0.0422. The summed E-state index contributed by atoms with van der Waals surface area (Å²) in [5, 5.41) is 18.1. The number of unbranched alkanes of at least 4 members (excludes halogenated alkanes) is 1. The maximum absolute atomic E-state index is 9.59. The smallest absolute Gasteiger partial charge is 0.222 e. The molecular weight excluding hydrogens is 470 g/mol. The second-order valence-corrected chi connectivity index (χ2v) is 9.98. The molecule has 1 fully saturated rings. The van der Waals surface area contributed by atoms with Crippen molar-refractivity contribution in [3.8, 4) is 5.75 Å². The van der Waals surface area contributed by atoms with E-state index in [1.807, 2.05) is 15.8 Å². The van der Waals surface area contributed by atoms with Crippen LogP contribution in [0.15, 0.2) is 24.4 Å². The molecule has 0 radical (unpaired) electrons. The van der Waals surface area contributed by atoms with E-state index in [9.17, 15) is 5.11 Å². The van der Waals surface area contributed by atoms with Gasteiger partial charge in [0.1, 0.15) is 11.3 Å². The number of methoxy groups -OCH3 is 1. The number of nitrogens with zero attached hydrogens (tertiary/aromatic N) is 5. The number of nitrogen functional groups attached to an aromatic ring is 1. The van der Waals surface area contributed by atoms with Gasteiger partial charge in [-0.25, -0.2) is 4.98 Å². The van der Waals surface area contributed by atoms with E-state index in [0.717, 1.165) is 50.1 Å². The van der Waals surface area contributed by atoms with Crippen molar-refractivity contribution in [1.29, 1.82) is 0 Å². The van der Waals surface area contributed by atoms with Gasteiger partial charge >= 0.3 is 0 Å². The second kappa shape index (κ2) is 12.5. The van der Waals surface area contributed by atoms with Crippen LogP contribution < -0.4 is 20.7 Å². The molecular formula is C27H41N7O3. The highest BCUT2D eigenvalue weighted by Crippen LogP contribution is 2.26. The lowest BCUT2D eigenvalue weighted by Gasteiger charge is -2.32. The summed E-state index contributed by atoms with van der Waals surface area (Å²) in [5.41, 5.74) is 9.59. The van der Waals surface area contributed by atoms with Gasteiger partial charge in [-0.2, -0.15) is 10.1 Å². The number of nitrogens with one attached hydrogen (secondary N) is 1. The van der Waals surface area contributed by atoms with Gasteiger partial charge in [0.15, 0.2) is 11.3 Å². The molecule has 10 heteroatoms. The molecule has 3 aromatic rings. The quantitative estimate of drug-likeness (QED) is 0.336. The van der Waals surface area contributed by atoms with Crippen molar-refractivity contribution in [3.05, 3.63) is 35.5 Å². The van der Waals surface area contributed by atoms with Crippen molar-refractivity contribution in [2.45, 2.75) is 77.8 Å². The molecule has 0 saturated carbocycles. The zero-order valence-corrected chi connectivity index (χ0v) is 22.5. The monoisotopic (exact) mass is 511 g/mol. The minimum atomic E-state index is 0.0286. The first-order valence-corrected chi connectivity index (χ1v) is 13.3. The first kappa shape index (κ1) is 27.1. The molecule has 37 heavy (non-hydrogen) atoms. The van der Waals surface area contributed by atoms with Crippen LogP contribution in [0.25, 0.3) is 11.0 Å². The van der Waals surface area contributed by atoms with E-state index in [2.05, 4.69) is 54.3 Å². The third-order valence-corrected chi connectivity index (χ3v) is 6.84. The predicted octanol–water partition coefficient (Wildman–Crippen LogP) is 3.11. The van der Waals surface area contributed by atoms with Gasteiger partial charge in [0.05, 0.1) is 38.7 Å². The van der Waals surface area contributed by atoms with Gasteiger partial charge in [0.25, 0.3) is 0 Å². The summed E-state index contributed by atoms with van der Waals surface area (Å²) in [7, 11) is 1.70. The van der Waals surface area contributed by atoms with Crippen LogP contribution in [0.2, 0.25) is 0 Å². The highest BCUT2D eigenvalue weighted by Gasteiger charge is 2.24. The standard InChI is InChI=1S/C27H41N7O3/c1-5-6-9-33(10-11-35)26-25-23(30-27(28)31-26)17-34(32-25)16-21-8-7-20(14-24(21)36-4)15-29-22-12-18(2)37-19(3)13-22/h7-8,14,17-19,22,29,35H,5-6,9-13,15-16H2,1-4H3,(H2,28,30)/t18-,19+,22?. The van der Waals surface area contributed by atoms with Crippen molar-refractivity contribution in [2.24, 2.45) is 0 Å². The molecule has 1 aromatic carbocycles. The largest absolute Gasteiger partial charge is 0.496 e. The number of anilines is 2. The summed E-state index contributed by atoms with van der Waals surface area (Å²) in [6.07, 6.45) is 6.52. The van der Waals surface area contributed by atoms with Crippen LogP contribution in [0.1, 0.15) is 57.6 Å². The third kappa shape index (κ3) is 6.88. The first-order chi connectivity index (χ1) is 17.9. The van der Waals surface area contributed by atoms with E-state index >= 15 is 0 Å². The Balaban J connectivity index is 1.51. The number of aromatic nitrogens is 4. The molecule has 3 atom stereocenters. The number of hydrogen-bond acceptors (Lipinski definition) is 9. The van der Waals surface area contributed by atoms with E-state index in [1.165, 1.54) is 5.56 Å². The van der Waals surface area contributed by atoms with Crippen LogP contribution in [-0.4, -0.2) is 69.9 Å². The topological polar surface area (TPSA) is 124 Å². The van der Waals surface area contributed by atoms with Gasteiger partial charge in [0, 0.05) is 31.2 Å². The molecule has 1 saturated heterocycles. The lowest BCUT2D eigenvalue weighted by Crippen LogP contribution is -2.40. The number of rotatable bonds is 12. The molecule has 4 rings (SSSR count). The highest BCUT2D eigenvalue weighted by atomic mass is 16.5. The zero-order valence-electron chi connectivity index (χ0n) is 22.5. The highest BCUT2D eigenvalue weighted by molar-refractivity contribution is 5.86. The fourth-order valence-electron chi connectivity index (χ4n) is 5.09. The Morgan fingerprint density at radius 1 is 1.22 bits per heavy atom. The SMILES string of the molecule is CCCCN(CCO)c1nc(N)nc2cn(Cc3ccc(CNC4C[C@@H](C)O[C@@H](C)C4)cc3OC)nc12. The summed E-state index contributed by atoms with van der Waals surface area (Å²) in [6, 6.07) is 6.77. The van der Waals surface area contributed by atoms with E-state index in [-0.39, 0.29) is 24.8 Å². The Morgan fingerprint density at radius 3 is 2.70 bits per heavy atom. The predicted molar refractivity (Wildman–Crippen MR) is 146 cm³/mol. The molecule has 1 aliphatic rings. The van der Waals surface area contributed by atoms with Gasteiger partial charge in [-0.05, 0) is 44.7 Å². The molecule has 1 aliphatic heterocycles. The average molecular weight is 512 g/mol. The molecule has 0 spiro atoms. The molecule has 1 unspecified atom stereocenters. The number of hydrogen-bond donors (Lipinski definition) is 3. The summed E-state index contributed by atoms with van der Waals surface area (Å²) in [4.78, 5) is 10.9. The van der Waals surface area contributed by atoms with Crippen molar-refractivity contribution in [3.63, 3.8) is 0 Å². The lowest BCUT2D eigenvalue weighted by atomic mass is 9.99. The van der Waals surface area contributed by atoms with Crippen molar-refractivity contribution in [1.82, 2.24) is 25.1 Å². The van der Waals surface area contributed by atoms with E-state index in [4.69, 9.17) is 20.3 Å². The minimum absolute atomic E-state index is 0.0286. The van der Waals surface area contributed by atoms with Crippen LogP contribution in [0.5, 0.6) is 5.75 Å². The molecule has 0 amide bonds. The Labute approximate surface area is 219 Å². The molecule has 10 nitrogen and oxygen atoms in total. The van der Waals surface area contributed by atoms with Gasteiger partial charge in [-0.15, -0.1) is 0 Å². The molecule has 2 aromatic heterocycles. The fraction of sp³-hybridized carbons (Fsp3) is 0.593. The summed E-state index contributed by atoms with van der Waals surface area (Å²) in [5.74, 6) is 1.68. The Morgan fingerprint density at radius 2 is 2.00 bits per heavy atom. The number of aliphatic hydroxyl groups is 1. The Kier molecular flexibility index (Phi) is 9.18.